The van der Waals surface area contributed by atoms with Crippen molar-refractivity contribution in [3.05, 3.63) is 64.7 Å². The number of ether oxygens (including phenoxy) is 1. The van der Waals surface area contributed by atoms with Gasteiger partial charge in [-0.2, -0.15) is 0 Å². The zero-order chi connectivity index (χ0) is 17.9. The number of β-amino-alcohol motifs (C(OH)–C–C–N with tert-alkyl or cyclic N) is 1. The smallest absolute Gasteiger partial charge is 0.251 e. The van der Waals surface area contributed by atoms with Gasteiger partial charge in [-0.1, -0.05) is 24.3 Å². The SMILES string of the molecule is O=C(NCC(O)CN1CCc2ccccc2C1)c1ccc2c(c1)CCO2. The van der Waals surface area contributed by atoms with Crippen molar-refractivity contribution in [1.29, 1.82) is 0 Å². The van der Waals surface area contributed by atoms with Gasteiger partial charge in [0.05, 0.1) is 12.7 Å². The third-order valence-corrected chi connectivity index (χ3v) is 5.13. The second-order valence-corrected chi connectivity index (χ2v) is 7.04. The Kier molecular flexibility index (Phi) is 4.91. The van der Waals surface area contributed by atoms with E-state index in [4.69, 9.17) is 4.74 Å². The van der Waals surface area contributed by atoms with E-state index >= 15 is 0 Å². The third kappa shape index (κ3) is 3.74. The molecule has 2 aliphatic heterocycles. The summed E-state index contributed by atoms with van der Waals surface area (Å²) in [5, 5.41) is 13.2. The van der Waals surface area contributed by atoms with Gasteiger partial charge in [0, 0.05) is 38.2 Å². The van der Waals surface area contributed by atoms with Crippen LogP contribution < -0.4 is 10.1 Å². The van der Waals surface area contributed by atoms with Crippen LogP contribution in [-0.2, 0) is 19.4 Å². The number of benzene rings is 2. The third-order valence-electron chi connectivity index (χ3n) is 5.13. The van der Waals surface area contributed by atoms with Gasteiger partial charge in [-0.05, 0) is 41.3 Å². The number of rotatable bonds is 5. The summed E-state index contributed by atoms with van der Waals surface area (Å²) in [6.45, 7) is 3.29. The van der Waals surface area contributed by atoms with Crippen LogP contribution in [0.1, 0.15) is 27.0 Å². The second kappa shape index (κ2) is 7.48. The van der Waals surface area contributed by atoms with E-state index in [1.54, 1.807) is 6.07 Å². The van der Waals surface area contributed by atoms with Gasteiger partial charge in [-0.15, -0.1) is 0 Å². The molecule has 0 radical (unpaired) electrons. The first-order valence-electron chi connectivity index (χ1n) is 9.20. The number of nitrogens with one attached hydrogen (secondary N) is 1. The summed E-state index contributed by atoms with van der Waals surface area (Å²) in [5.74, 6) is 0.717. The molecule has 4 rings (SSSR count). The van der Waals surface area contributed by atoms with Gasteiger partial charge in [0.15, 0.2) is 0 Å². The number of carbonyl (C=O) groups is 1. The van der Waals surface area contributed by atoms with Crippen LogP contribution in [0.5, 0.6) is 5.75 Å². The van der Waals surface area contributed by atoms with Crippen molar-refractivity contribution < 1.29 is 14.6 Å². The van der Waals surface area contributed by atoms with Crippen LogP contribution in [0.3, 0.4) is 0 Å². The summed E-state index contributed by atoms with van der Waals surface area (Å²) in [6, 6.07) is 13.9. The molecule has 1 atom stereocenters. The zero-order valence-corrected chi connectivity index (χ0v) is 14.8. The largest absolute Gasteiger partial charge is 0.493 e. The Hall–Kier alpha value is -2.37. The average Bonchev–Trinajstić information content (AvgIpc) is 3.14. The van der Waals surface area contributed by atoms with Crippen molar-refractivity contribution in [3.63, 3.8) is 0 Å². The summed E-state index contributed by atoms with van der Waals surface area (Å²) in [7, 11) is 0. The molecule has 2 N–H and O–H groups in total. The predicted octanol–water partition coefficient (Wildman–Crippen LogP) is 1.77. The van der Waals surface area contributed by atoms with E-state index in [1.807, 2.05) is 12.1 Å². The standard InChI is InChI=1S/C21H24N2O3/c24-19(14-23-9-7-15-3-1-2-4-18(15)13-23)12-22-21(25)17-5-6-20-16(11-17)8-10-26-20/h1-6,11,19,24H,7-10,12-14H2,(H,22,25). The Morgan fingerprint density at radius 1 is 1.15 bits per heavy atom. The second-order valence-electron chi connectivity index (χ2n) is 7.04. The van der Waals surface area contributed by atoms with E-state index < -0.39 is 6.10 Å². The molecule has 2 aromatic carbocycles. The fourth-order valence-electron chi connectivity index (χ4n) is 3.71. The van der Waals surface area contributed by atoms with Crippen molar-refractivity contribution in [2.45, 2.75) is 25.5 Å². The molecule has 0 saturated carbocycles. The predicted molar refractivity (Wildman–Crippen MR) is 99.4 cm³/mol. The van der Waals surface area contributed by atoms with Gasteiger partial charge in [0.25, 0.3) is 5.91 Å². The Labute approximate surface area is 153 Å². The normalized spacial score (nSPS) is 17.1. The van der Waals surface area contributed by atoms with Gasteiger partial charge < -0.3 is 15.2 Å². The molecule has 136 valence electrons. The van der Waals surface area contributed by atoms with Gasteiger partial charge in [-0.3, -0.25) is 9.69 Å². The Balaban J connectivity index is 1.28. The lowest BCUT2D eigenvalue weighted by Gasteiger charge is -2.30. The number of hydrogen-bond acceptors (Lipinski definition) is 4. The molecular formula is C21H24N2O3. The fraction of sp³-hybridized carbons (Fsp3) is 0.381. The summed E-state index contributed by atoms with van der Waals surface area (Å²) in [4.78, 5) is 14.6. The zero-order valence-electron chi connectivity index (χ0n) is 14.8. The number of nitrogens with zero attached hydrogens (tertiary/aromatic N) is 1. The molecule has 0 aliphatic carbocycles. The van der Waals surface area contributed by atoms with Gasteiger partial charge in [0.2, 0.25) is 0 Å². The molecule has 0 fully saturated rings. The highest BCUT2D eigenvalue weighted by molar-refractivity contribution is 5.94. The number of fused-ring (bicyclic) bond motifs is 2. The van der Waals surface area contributed by atoms with Crippen molar-refractivity contribution >= 4 is 5.91 Å². The van der Waals surface area contributed by atoms with Gasteiger partial charge >= 0.3 is 0 Å². The van der Waals surface area contributed by atoms with Crippen LogP contribution in [0.4, 0.5) is 0 Å². The lowest BCUT2D eigenvalue weighted by Crippen LogP contribution is -2.42. The minimum absolute atomic E-state index is 0.150. The Morgan fingerprint density at radius 2 is 2.00 bits per heavy atom. The van der Waals surface area contributed by atoms with Gasteiger partial charge in [-0.25, -0.2) is 0 Å². The molecule has 26 heavy (non-hydrogen) atoms. The monoisotopic (exact) mass is 352 g/mol. The van der Waals surface area contributed by atoms with Crippen molar-refractivity contribution in [2.75, 3.05) is 26.2 Å². The van der Waals surface area contributed by atoms with Crippen LogP contribution in [-0.4, -0.2) is 48.3 Å². The van der Waals surface area contributed by atoms with Crippen LogP contribution >= 0.6 is 0 Å². The quantitative estimate of drug-likeness (QED) is 0.861. The van der Waals surface area contributed by atoms with Crippen LogP contribution in [0.2, 0.25) is 0 Å². The first kappa shape index (κ1) is 17.1. The number of carbonyl (C=O) groups excluding carboxylic acids is 1. The van der Waals surface area contributed by atoms with E-state index in [2.05, 4.69) is 34.5 Å². The van der Waals surface area contributed by atoms with Crippen LogP contribution in [0, 0.1) is 0 Å². The molecule has 5 nitrogen and oxygen atoms in total. The molecule has 0 bridgehead atoms. The Bertz CT molecular complexity index is 806. The number of hydrogen-bond donors (Lipinski definition) is 2. The Morgan fingerprint density at radius 3 is 2.88 bits per heavy atom. The summed E-state index contributed by atoms with van der Waals surface area (Å²) < 4.78 is 5.46. The summed E-state index contributed by atoms with van der Waals surface area (Å²) >= 11 is 0. The van der Waals surface area contributed by atoms with Crippen molar-refractivity contribution in [3.8, 4) is 5.75 Å². The molecule has 5 heteroatoms. The fourth-order valence-corrected chi connectivity index (χ4v) is 3.71. The minimum atomic E-state index is -0.582. The molecular weight excluding hydrogens is 328 g/mol. The van der Waals surface area contributed by atoms with E-state index in [-0.39, 0.29) is 12.5 Å². The van der Waals surface area contributed by atoms with Crippen molar-refractivity contribution in [1.82, 2.24) is 10.2 Å². The highest BCUT2D eigenvalue weighted by atomic mass is 16.5. The highest BCUT2D eigenvalue weighted by Crippen LogP contribution is 2.25. The number of amides is 1. The number of aliphatic hydroxyl groups excluding tert-OH is 1. The van der Waals surface area contributed by atoms with Gasteiger partial charge in [0.1, 0.15) is 5.75 Å². The molecule has 2 aromatic rings. The summed E-state index contributed by atoms with van der Waals surface area (Å²) in [5.41, 5.74) is 4.42. The maximum Gasteiger partial charge on any atom is 0.251 e. The molecule has 1 amide bonds. The van der Waals surface area contributed by atoms with Crippen LogP contribution in [0.15, 0.2) is 42.5 Å². The topological polar surface area (TPSA) is 61.8 Å². The molecule has 2 aliphatic rings. The molecule has 0 spiro atoms. The van der Waals surface area contributed by atoms with E-state index in [9.17, 15) is 9.90 Å². The van der Waals surface area contributed by atoms with E-state index in [0.717, 1.165) is 37.2 Å². The molecule has 2 heterocycles. The lowest BCUT2D eigenvalue weighted by atomic mass is 10.00. The first-order chi connectivity index (χ1) is 12.7. The highest BCUT2D eigenvalue weighted by Gasteiger charge is 2.19. The van der Waals surface area contributed by atoms with E-state index in [1.165, 1.54) is 11.1 Å². The lowest BCUT2D eigenvalue weighted by molar-refractivity contribution is 0.0842. The maximum absolute atomic E-state index is 12.3. The minimum Gasteiger partial charge on any atom is -0.493 e. The molecule has 0 saturated heterocycles. The van der Waals surface area contributed by atoms with Crippen LogP contribution in [0.25, 0.3) is 0 Å². The molecule has 0 aromatic heterocycles. The maximum atomic E-state index is 12.3. The first-order valence-corrected chi connectivity index (χ1v) is 9.20. The number of aliphatic hydroxyl groups is 1. The summed E-state index contributed by atoms with van der Waals surface area (Å²) in [6.07, 6.45) is 1.27. The molecule has 1 unspecified atom stereocenters. The average molecular weight is 352 g/mol. The van der Waals surface area contributed by atoms with Crippen molar-refractivity contribution in [2.24, 2.45) is 0 Å². The van der Waals surface area contributed by atoms with E-state index in [0.29, 0.717) is 18.7 Å².